The number of aliphatic hydroxyl groups is 1. The van der Waals surface area contributed by atoms with E-state index < -0.39 is 8.32 Å². The highest BCUT2D eigenvalue weighted by Gasteiger charge is 2.38. The molecule has 0 radical (unpaired) electrons. The quantitative estimate of drug-likeness (QED) is 0.629. The fourth-order valence-corrected chi connectivity index (χ4v) is 3.17. The fourth-order valence-electron chi connectivity index (χ4n) is 1.85. The van der Waals surface area contributed by atoms with Gasteiger partial charge in [-0.05, 0) is 36.9 Å². The van der Waals surface area contributed by atoms with E-state index in [0.29, 0.717) is 13.2 Å². The van der Waals surface area contributed by atoms with Gasteiger partial charge in [-0.1, -0.05) is 51.1 Å². The molecule has 1 aromatic carbocycles. The van der Waals surface area contributed by atoms with Crippen LogP contribution in [0.2, 0.25) is 18.1 Å². The number of benzene rings is 1. The molecule has 0 aliphatic heterocycles. The van der Waals surface area contributed by atoms with Crippen molar-refractivity contribution in [2.45, 2.75) is 56.7 Å². The van der Waals surface area contributed by atoms with Crippen molar-refractivity contribution in [3.63, 3.8) is 0 Å². The summed E-state index contributed by atoms with van der Waals surface area (Å²) in [6.45, 7) is 14.4. The third-order valence-corrected chi connectivity index (χ3v) is 10.7. The molecule has 0 aliphatic rings. The van der Waals surface area contributed by atoms with Crippen LogP contribution in [0, 0.1) is 0 Å². The number of ether oxygens (including phenoxy) is 1. The maximum atomic E-state index is 9.61. The van der Waals surface area contributed by atoms with Gasteiger partial charge in [0.05, 0.1) is 24.6 Å². The fraction of sp³-hybridized carbons (Fsp3) is 0.684. The molecule has 0 amide bonds. The molecule has 0 saturated heterocycles. The highest BCUT2D eigenvalue weighted by Crippen LogP contribution is 2.37. The van der Waals surface area contributed by atoms with Gasteiger partial charge in [0.1, 0.15) is 6.10 Å². The minimum atomic E-state index is -1.83. The van der Waals surface area contributed by atoms with Gasteiger partial charge in [0.2, 0.25) is 0 Å². The molecule has 5 heteroatoms. The van der Waals surface area contributed by atoms with Gasteiger partial charge in [-0.2, -0.15) is 11.8 Å². The first kappa shape index (κ1) is 21.7. The summed E-state index contributed by atoms with van der Waals surface area (Å²) in [6.07, 6.45) is 1.89. The molecule has 0 saturated carbocycles. The highest BCUT2D eigenvalue weighted by atomic mass is 32.2. The van der Waals surface area contributed by atoms with Crippen molar-refractivity contribution in [1.29, 1.82) is 0 Å². The van der Waals surface area contributed by atoms with E-state index in [0.717, 1.165) is 5.56 Å². The molecule has 0 aliphatic carbocycles. The van der Waals surface area contributed by atoms with Crippen LogP contribution in [-0.4, -0.2) is 44.2 Å². The normalized spacial score (nSPS) is 16.7. The van der Waals surface area contributed by atoms with Crippen molar-refractivity contribution in [2.75, 3.05) is 26.1 Å². The lowest BCUT2D eigenvalue weighted by Crippen LogP contribution is -2.42. The molecule has 24 heavy (non-hydrogen) atoms. The first-order chi connectivity index (χ1) is 11.0. The van der Waals surface area contributed by atoms with E-state index in [1.807, 2.05) is 31.4 Å². The van der Waals surface area contributed by atoms with Gasteiger partial charge in [-0.3, -0.25) is 0 Å². The second-order valence-corrected chi connectivity index (χ2v) is 14.3. The summed E-state index contributed by atoms with van der Waals surface area (Å²) >= 11 is 1.63. The van der Waals surface area contributed by atoms with Crippen LogP contribution in [0.4, 0.5) is 0 Å². The Hall–Kier alpha value is -0.333. The van der Waals surface area contributed by atoms with E-state index in [-0.39, 0.29) is 22.5 Å². The monoisotopic (exact) mass is 370 g/mol. The Morgan fingerprint density at radius 2 is 1.71 bits per heavy atom. The topological polar surface area (TPSA) is 38.7 Å². The maximum Gasteiger partial charge on any atom is 0.192 e. The number of hydrogen-bond acceptors (Lipinski definition) is 4. The second-order valence-electron chi connectivity index (χ2n) is 8.09. The van der Waals surface area contributed by atoms with Crippen LogP contribution in [0.1, 0.15) is 39.4 Å². The number of aliphatic hydroxyl groups excluding tert-OH is 1. The van der Waals surface area contributed by atoms with Crippen LogP contribution in [0.15, 0.2) is 30.3 Å². The van der Waals surface area contributed by atoms with Gasteiger partial charge in [-0.15, -0.1) is 0 Å². The van der Waals surface area contributed by atoms with Crippen molar-refractivity contribution in [3.05, 3.63) is 35.9 Å². The van der Waals surface area contributed by atoms with E-state index in [2.05, 4.69) is 46.0 Å². The maximum absolute atomic E-state index is 9.61. The molecular weight excluding hydrogens is 336 g/mol. The molecule has 2 atom stereocenters. The predicted molar refractivity (Wildman–Crippen MR) is 107 cm³/mol. The number of hydrogen-bond donors (Lipinski definition) is 1. The molecule has 1 N–H and O–H groups in total. The Balaban J connectivity index is 2.84. The van der Waals surface area contributed by atoms with Gasteiger partial charge in [0, 0.05) is 0 Å². The van der Waals surface area contributed by atoms with E-state index in [1.165, 1.54) is 0 Å². The standard InChI is InChI=1S/C19H34O3SSi/c1-18(2,3)24(6,7)22-13-17(16-11-9-8-10-12-16)21-15-19(4,14-20)23-5/h8-12,17,20H,13-15H2,1-7H3. The Morgan fingerprint density at radius 3 is 2.17 bits per heavy atom. The summed E-state index contributed by atoms with van der Waals surface area (Å²) in [5.41, 5.74) is 1.12. The molecule has 2 unspecified atom stereocenters. The lowest BCUT2D eigenvalue weighted by atomic mass is 10.1. The van der Waals surface area contributed by atoms with Crippen molar-refractivity contribution in [1.82, 2.24) is 0 Å². The zero-order chi connectivity index (χ0) is 18.4. The summed E-state index contributed by atoms with van der Waals surface area (Å²) < 4.78 is 12.3. The summed E-state index contributed by atoms with van der Waals surface area (Å²) in [5, 5.41) is 9.78. The zero-order valence-electron chi connectivity index (χ0n) is 16.3. The first-order valence-corrected chi connectivity index (χ1v) is 12.6. The zero-order valence-corrected chi connectivity index (χ0v) is 18.1. The average molecular weight is 371 g/mol. The van der Waals surface area contributed by atoms with Gasteiger partial charge in [-0.25, -0.2) is 0 Å². The van der Waals surface area contributed by atoms with Crippen LogP contribution < -0.4 is 0 Å². The van der Waals surface area contributed by atoms with Crippen LogP contribution in [-0.2, 0) is 9.16 Å². The van der Waals surface area contributed by atoms with Crippen LogP contribution in [0.25, 0.3) is 0 Å². The van der Waals surface area contributed by atoms with Crippen molar-refractivity contribution >= 4 is 20.1 Å². The van der Waals surface area contributed by atoms with Crippen LogP contribution >= 0.6 is 11.8 Å². The molecule has 0 bridgehead atoms. The Bertz CT molecular complexity index is 481. The molecule has 0 aromatic heterocycles. The van der Waals surface area contributed by atoms with Gasteiger partial charge in [0.15, 0.2) is 8.32 Å². The van der Waals surface area contributed by atoms with Crippen molar-refractivity contribution in [3.8, 4) is 0 Å². The molecule has 3 nitrogen and oxygen atoms in total. The summed E-state index contributed by atoms with van der Waals surface area (Å²) in [6, 6.07) is 10.2. The van der Waals surface area contributed by atoms with Crippen molar-refractivity contribution in [2.24, 2.45) is 0 Å². The molecule has 138 valence electrons. The molecule has 0 heterocycles. The second kappa shape index (κ2) is 8.85. The number of thioether (sulfide) groups is 1. The Kier molecular flexibility index (Phi) is 8.01. The SMILES string of the molecule is CSC(C)(CO)COC(CO[Si](C)(C)C(C)(C)C)c1ccccc1. The lowest BCUT2D eigenvalue weighted by Gasteiger charge is -2.37. The van der Waals surface area contributed by atoms with Crippen LogP contribution in [0.5, 0.6) is 0 Å². The van der Waals surface area contributed by atoms with E-state index in [1.54, 1.807) is 11.8 Å². The third kappa shape index (κ3) is 6.19. The summed E-state index contributed by atoms with van der Waals surface area (Å²) in [7, 11) is -1.83. The Labute approximate surface area is 153 Å². The Morgan fingerprint density at radius 1 is 1.12 bits per heavy atom. The molecule has 0 spiro atoms. The highest BCUT2D eigenvalue weighted by molar-refractivity contribution is 8.00. The van der Waals surface area contributed by atoms with E-state index >= 15 is 0 Å². The lowest BCUT2D eigenvalue weighted by molar-refractivity contribution is -0.00146. The largest absolute Gasteiger partial charge is 0.414 e. The summed E-state index contributed by atoms with van der Waals surface area (Å²) in [5.74, 6) is 0. The first-order valence-electron chi connectivity index (χ1n) is 8.51. The molecular formula is C19H34O3SSi. The van der Waals surface area contributed by atoms with Gasteiger partial charge >= 0.3 is 0 Å². The van der Waals surface area contributed by atoms with Crippen LogP contribution in [0.3, 0.4) is 0 Å². The van der Waals surface area contributed by atoms with Gasteiger partial charge in [0.25, 0.3) is 0 Å². The predicted octanol–water partition coefficient (Wildman–Crippen LogP) is 4.88. The minimum absolute atomic E-state index is 0.0960. The molecule has 1 rings (SSSR count). The van der Waals surface area contributed by atoms with E-state index in [9.17, 15) is 5.11 Å². The van der Waals surface area contributed by atoms with E-state index in [4.69, 9.17) is 9.16 Å². The molecule has 1 aromatic rings. The third-order valence-electron chi connectivity index (χ3n) is 4.99. The smallest absolute Gasteiger partial charge is 0.192 e. The van der Waals surface area contributed by atoms with Crippen molar-refractivity contribution < 1.29 is 14.3 Å². The minimum Gasteiger partial charge on any atom is -0.414 e. The van der Waals surface area contributed by atoms with Gasteiger partial charge < -0.3 is 14.3 Å². The number of rotatable bonds is 9. The average Bonchev–Trinajstić information content (AvgIpc) is 2.54. The molecule has 0 fully saturated rings. The summed E-state index contributed by atoms with van der Waals surface area (Å²) in [4.78, 5) is 0.